The molecule has 0 aliphatic carbocycles. The number of halogens is 1. The molecular formula is C27H28ClN3O3S. The summed E-state index contributed by atoms with van der Waals surface area (Å²) in [7, 11) is -1.57. The summed E-state index contributed by atoms with van der Waals surface area (Å²) in [5.41, 5.74) is 2.14. The summed E-state index contributed by atoms with van der Waals surface area (Å²) in [5, 5.41) is 3.56. The number of fused-ring (bicyclic) bond motifs is 2. The first-order valence-corrected chi connectivity index (χ1v) is 13.2. The molecule has 4 rings (SSSR count). The average molecular weight is 510 g/mol. The highest BCUT2D eigenvalue weighted by atomic mass is 35.5. The average Bonchev–Trinajstić information content (AvgIpc) is 2.97. The van der Waals surface area contributed by atoms with Gasteiger partial charge in [0.15, 0.2) is 0 Å². The number of carbonyl (C=O) groups excluding carboxylic acids is 2. The third kappa shape index (κ3) is 5.48. The van der Waals surface area contributed by atoms with Crippen molar-refractivity contribution < 1.29 is 13.8 Å². The largest absolute Gasteiger partial charge is 0.351 e. The molecule has 0 saturated heterocycles. The highest BCUT2D eigenvalue weighted by Crippen LogP contribution is 2.36. The van der Waals surface area contributed by atoms with Crippen molar-refractivity contribution in [2.45, 2.75) is 30.2 Å². The Labute approximate surface area is 213 Å². The van der Waals surface area contributed by atoms with Crippen LogP contribution in [0.5, 0.6) is 0 Å². The van der Waals surface area contributed by atoms with Gasteiger partial charge in [-0.05, 0) is 61.1 Å². The molecule has 0 saturated carbocycles. The van der Waals surface area contributed by atoms with Crippen LogP contribution in [0.3, 0.4) is 0 Å². The van der Waals surface area contributed by atoms with Gasteiger partial charge in [0.05, 0.1) is 38.4 Å². The molecule has 1 aliphatic heterocycles. The van der Waals surface area contributed by atoms with Gasteiger partial charge in [-0.2, -0.15) is 0 Å². The number of hydrogen-bond donors (Lipinski definition) is 1. The maximum atomic E-state index is 13.7. The van der Waals surface area contributed by atoms with Crippen LogP contribution in [-0.2, 0) is 17.3 Å². The fraction of sp³-hybridized carbons (Fsp3) is 0.259. The van der Waals surface area contributed by atoms with Crippen LogP contribution in [0, 0.1) is 0 Å². The molecule has 182 valence electrons. The summed E-state index contributed by atoms with van der Waals surface area (Å²) in [6, 6.07) is 19.2. The maximum Gasteiger partial charge on any atom is 0.259 e. The maximum absolute atomic E-state index is 13.7. The monoisotopic (exact) mass is 509 g/mol. The van der Waals surface area contributed by atoms with Crippen LogP contribution in [0.4, 0.5) is 5.69 Å². The number of rotatable bonds is 8. The van der Waals surface area contributed by atoms with Crippen molar-refractivity contribution >= 4 is 39.9 Å². The number of carbonyl (C=O) groups is 2. The van der Waals surface area contributed by atoms with E-state index in [9.17, 15) is 13.8 Å². The van der Waals surface area contributed by atoms with E-state index in [1.165, 1.54) is 0 Å². The number of anilines is 1. The lowest BCUT2D eigenvalue weighted by Crippen LogP contribution is -2.35. The van der Waals surface area contributed by atoms with Gasteiger partial charge >= 0.3 is 0 Å². The van der Waals surface area contributed by atoms with Crippen LogP contribution >= 0.6 is 11.6 Å². The predicted molar refractivity (Wildman–Crippen MR) is 140 cm³/mol. The van der Waals surface area contributed by atoms with Crippen LogP contribution < -0.4 is 10.2 Å². The SMILES string of the molecule is CCN(CC)CCNC(=O)c1ccc2c(c1)N(Cc1ccc(Cl)cc1)C(=O)c1ccccc1[S@]2=O. The summed E-state index contributed by atoms with van der Waals surface area (Å²) in [6.07, 6.45) is 0. The molecule has 8 heteroatoms. The Morgan fingerprint density at radius 3 is 2.43 bits per heavy atom. The lowest BCUT2D eigenvalue weighted by Gasteiger charge is -2.24. The zero-order chi connectivity index (χ0) is 24.9. The van der Waals surface area contributed by atoms with E-state index in [1.54, 1.807) is 59.5 Å². The van der Waals surface area contributed by atoms with Gasteiger partial charge in [0.25, 0.3) is 11.8 Å². The Kier molecular flexibility index (Phi) is 8.00. The zero-order valence-corrected chi connectivity index (χ0v) is 21.4. The van der Waals surface area contributed by atoms with Gasteiger partial charge in [0, 0.05) is 23.7 Å². The van der Waals surface area contributed by atoms with Crippen molar-refractivity contribution in [1.29, 1.82) is 0 Å². The molecule has 3 aromatic rings. The summed E-state index contributed by atoms with van der Waals surface area (Å²) in [4.78, 5) is 31.4. The molecule has 0 aromatic heterocycles. The molecule has 1 heterocycles. The minimum atomic E-state index is -1.57. The second-order valence-electron chi connectivity index (χ2n) is 8.25. The minimum Gasteiger partial charge on any atom is -0.351 e. The summed E-state index contributed by atoms with van der Waals surface area (Å²) in [6.45, 7) is 7.53. The van der Waals surface area contributed by atoms with Gasteiger partial charge in [-0.1, -0.05) is 49.7 Å². The van der Waals surface area contributed by atoms with Crippen molar-refractivity contribution in [3.05, 3.63) is 88.4 Å². The second-order valence-corrected chi connectivity index (χ2v) is 10.1. The standard InChI is InChI=1S/C27H28ClN3O3S/c1-3-30(4-2)16-15-29-26(32)20-11-14-25-23(17-20)31(18-19-9-12-21(28)13-10-19)27(33)22-7-5-6-8-24(22)35(25)34/h5-14,17H,3-4,15-16,18H2,1-2H3,(H,29,32)/t35-/m1/s1. The first-order valence-electron chi connectivity index (χ1n) is 11.6. The minimum absolute atomic E-state index is 0.230. The third-order valence-electron chi connectivity index (χ3n) is 6.14. The smallest absolute Gasteiger partial charge is 0.259 e. The highest BCUT2D eigenvalue weighted by Gasteiger charge is 2.31. The topological polar surface area (TPSA) is 69.7 Å². The quantitative estimate of drug-likeness (QED) is 0.476. The number of likely N-dealkylation sites (N-methyl/N-ethyl adjacent to an activating group) is 1. The van der Waals surface area contributed by atoms with Crippen LogP contribution in [0.15, 0.2) is 76.5 Å². The molecule has 0 spiro atoms. The first kappa shape index (κ1) is 25.1. The van der Waals surface area contributed by atoms with E-state index in [0.717, 1.165) is 25.2 Å². The molecule has 0 radical (unpaired) electrons. The number of amides is 2. The van der Waals surface area contributed by atoms with E-state index in [1.807, 2.05) is 12.1 Å². The zero-order valence-electron chi connectivity index (χ0n) is 19.8. The van der Waals surface area contributed by atoms with E-state index >= 15 is 0 Å². The van der Waals surface area contributed by atoms with Crippen LogP contribution in [-0.4, -0.2) is 47.1 Å². The molecule has 1 aliphatic rings. The Morgan fingerprint density at radius 1 is 1.00 bits per heavy atom. The van der Waals surface area contributed by atoms with Crippen molar-refractivity contribution in [1.82, 2.24) is 10.2 Å². The van der Waals surface area contributed by atoms with Gasteiger partial charge in [-0.3, -0.25) is 9.59 Å². The summed E-state index contributed by atoms with van der Waals surface area (Å²) >= 11 is 6.04. The van der Waals surface area contributed by atoms with Gasteiger partial charge in [-0.25, -0.2) is 4.21 Å². The highest BCUT2D eigenvalue weighted by molar-refractivity contribution is 7.85. The number of hydrogen-bond acceptors (Lipinski definition) is 4. The first-order chi connectivity index (χ1) is 16.9. The van der Waals surface area contributed by atoms with E-state index in [-0.39, 0.29) is 18.4 Å². The number of benzene rings is 3. The van der Waals surface area contributed by atoms with Crippen molar-refractivity contribution in [2.24, 2.45) is 0 Å². The van der Waals surface area contributed by atoms with E-state index < -0.39 is 10.8 Å². The lowest BCUT2D eigenvalue weighted by atomic mass is 10.1. The van der Waals surface area contributed by atoms with Crippen molar-refractivity contribution in [2.75, 3.05) is 31.1 Å². The van der Waals surface area contributed by atoms with Gasteiger partial charge in [0.2, 0.25) is 0 Å². The van der Waals surface area contributed by atoms with Crippen LogP contribution in [0.25, 0.3) is 0 Å². The molecule has 35 heavy (non-hydrogen) atoms. The van der Waals surface area contributed by atoms with Gasteiger partial charge < -0.3 is 15.1 Å². The Hall–Kier alpha value is -3.00. The van der Waals surface area contributed by atoms with Crippen molar-refractivity contribution in [3.8, 4) is 0 Å². The summed E-state index contributed by atoms with van der Waals surface area (Å²) < 4.78 is 13.5. The molecule has 6 nitrogen and oxygen atoms in total. The third-order valence-corrected chi connectivity index (χ3v) is 7.89. The fourth-order valence-electron chi connectivity index (χ4n) is 4.10. The van der Waals surface area contributed by atoms with E-state index in [4.69, 9.17) is 11.6 Å². The Bertz CT molecular complexity index is 1260. The molecular weight excluding hydrogens is 482 g/mol. The Morgan fingerprint density at radius 2 is 1.71 bits per heavy atom. The molecule has 1 N–H and O–H groups in total. The fourth-order valence-corrected chi connectivity index (χ4v) is 5.57. The second kappa shape index (κ2) is 11.2. The van der Waals surface area contributed by atoms with Crippen molar-refractivity contribution in [3.63, 3.8) is 0 Å². The van der Waals surface area contributed by atoms with Gasteiger partial charge in [-0.15, -0.1) is 0 Å². The Balaban J connectivity index is 1.70. The molecule has 3 aromatic carbocycles. The summed E-state index contributed by atoms with van der Waals surface area (Å²) in [5.74, 6) is -0.492. The molecule has 1 atom stereocenters. The molecule has 2 amide bonds. The van der Waals surface area contributed by atoms with E-state index in [0.29, 0.717) is 38.2 Å². The predicted octanol–water partition coefficient (Wildman–Crippen LogP) is 4.74. The van der Waals surface area contributed by atoms with E-state index in [2.05, 4.69) is 24.1 Å². The van der Waals surface area contributed by atoms with Crippen LogP contribution in [0.2, 0.25) is 5.02 Å². The van der Waals surface area contributed by atoms with Gasteiger partial charge in [0.1, 0.15) is 0 Å². The van der Waals surface area contributed by atoms with Crippen LogP contribution in [0.1, 0.15) is 40.1 Å². The molecule has 0 fully saturated rings. The lowest BCUT2D eigenvalue weighted by molar-refractivity contribution is 0.0945. The molecule has 0 bridgehead atoms. The number of nitrogens with one attached hydrogen (secondary N) is 1. The molecule has 0 unspecified atom stereocenters. The number of nitrogens with zero attached hydrogens (tertiary/aromatic N) is 2. The normalized spacial score (nSPS) is 14.9.